The van der Waals surface area contributed by atoms with Gasteiger partial charge in [-0.15, -0.1) is 0 Å². The van der Waals surface area contributed by atoms with E-state index in [0.717, 1.165) is 25.7 Å². The smallest absolute Gasteiger partial charge is 0.220 e. The lowest BCUT2D eigenvalue weighted by Crippen LogP contribution is -2.60. The summed E-state index contributed by atoms with van der Waals surface area (Å²) in [5, 5.41) is 66.5. The predicted octanol–water partition coefficient (Wildman–Crippen LogP) is -1.29. The molecule has 8 N–H and O–H groups in total. The molecule has 0 radical (unpaired) electrons. The van der Waals surface area contributed by atoms with Crippen molar-refractivity contribution < 1.29 is 59.2 Å². The van der Waals surface area contributed by atoms with E-state index in [1.54, 1.807) is 0 Å². The maximum atomic E-state index is 12.6. The second kappa shape index (κ2) is 23.0. The first kappa shape index (κ1) is 38.6. The molecule has 1 fully saturated rings. The van der Waals surface area contributed by atoms with Crippen LogP contribution in [0.15, 0.2) is 0 Å². The third-order valence-corrected chi connectivity index (χ3v) is 7.00. The summed E-state index contributed by atoms with van der Waals surface area (Å²) in [6, 6.07) is -1.11. The van der Waals surface area contributed by atoms with Crippen molar-refractivity contribution in [3.63, 3.8) is 0 Å². The Kier molecular flexibility index (Phi) is 21.1. The van der Waals surface area contributed by atoms with Crippen LogP contribution in [-0.4, -0.2) is 138 Å². The molecule has 0 spiro atoms. The topological polar surface area (TPSA) is 216 Å². The van der Waals surface area contributed by atoms with Crippen molar-refractivity contribution in [3.8, 4) is 0 Å². The minimum absolute atomic E-state index is 0.0584. The summed E-state index contributed by atoms with van der Waals surface area (Å²) in [4.78, 5) is 24.7. The Hall–Kier alpha value is -1.46. The zero-order valence-corrected chi connectivity index (χ0v) is 25.1. The number of aliphatic hydroxyl groups is 6. The van der Waals surface area contributed by atoms with E-state index in [2.05, 4.69) is 17.6 Å². The number of amides is 2. The molecule has 0 bridgehead atoms. The molecule has 0 saturated carbocycles. The molecular weight excluding hydrogens is 556 g/mol. The number of unbranched alkanes of at least 4 members (excludes halogenated alkanes) is 4. The second-order valence-electron chi connectivity index (χ2n) is 10.5. The van der Waals surface area contributed by atoms with Crippen LogP contribution in [0.25, 0.3) is 0 Å². The van der Waals surface area contributed by atoms with Gasteiger partial charge < -0.3 is 60.2 Å². The molecule has 2 unspecified atom stereocenters. The van der Waals surface area contributed by atoms with Gasteiger partial charge in [0.2, 0.25) is 11.8 Å². The molecule has 1 rings (SSSR count). The third-order valence-electron chi connectivity index (χ3n) is 7.00. The summed E-state index contributed by atoms with van der Waals surface area (Å²) in [6.07, 6.45) is -5.02. The highest BCUT2D eigenvalue weighted by Crippen LogP contribution is 2.22. The van der Waals surface area contributed by atoms with Crippen LogP contribution in [0.2, 0.25) is 0 Å². The maximum absolute atomic E-state index is 12.6. The molecule has 1 heterocycles. The minimum Gasteiger partial charge on any atom is -0.394 e. The first-order chi connectivity index (χ1) is 20.2. The van der Waals surface area contributed by atoms with Gasteiger partial charge in [0.05, 0.1) is 45.2 Å². The summed E-state index contributed by atoms with van der Waals surface area (Å²) in [6.45, 7) is 5.13. The number of hydrogen-bond acceptors (Lipinski definition) is 12. The first-order valence-electron chi connectivity index (χ1n) is 15.2. The second-order valence-corrected chi connectivity index (χ2v) is 10.5. The summed E-state index contributed by atoms with van der Waals surface area (Å²) >= 11 is 0. The van der Waals surface area contributed by atoms with Crippen molar-refractivity contribution in [1.29, 1.82) is 0 Å². The largest absolute Gasteiger partial charge is 0.394 e. The van der Waals surface area contributed by atoms with Gasteiger partial charge >= 0.3 is 0 Å². The van der Waals surface area contributed by atoms with E-state index in [0.29, 0.717) is 39.4 Å². The lowest BCUT2D eigenvalue weighted by Gasteiger charge is -2.40. The highest BCUT2D eigenvalue weighted by molar-refractivity contribution is 5.76. The average molecular weight is 611 g/mol. The van der Waals surface area contributed by atoms with E-state index < -0.39 is 62.2 Å². The van der Waals surface area contributed by atoms with E-state index in [-0.39, 0.29) is 37.5 Å². The SMILES string of the molecule is CCCCCCCC(=O)N[C@@H](CO[C@H]1OC(CO)[C@H](O)C(O)[C@@H]1O)[C@H](O)[C@H](O)CCCC(=O)NCCOCCOCC. The molecule has 8 atom stereocenters. The van der Waals surface area contributed by atoms with E-state index in [9.17, 15) is 40.2 Å². The number of carbonyl (C=O) groups is 2. The fraction of sp³-hybridized carbons (Fsp3) is 0.929. The van der Waals surface area contributed by atoms with Gasteiger partial charge in [0.15, 0.2) is 6.29 Å². The standard InChI is InChI=1S/C28H54N2O12/c1-3-5-6-7-8-11-23(34)30-19(18-41-28-27(38)26(37)25(36)21(17-31)42-28)24(35)20(32)10-9-12-22(33)29-13-14-40-16-15-39-4-2/h19-21,24-28,31-32,35-38H,3-18H2,1-2H3,(H,29,33)(H,30,34)/t19-,20+,21?,24-,25-,26?,27-,28-/m0/s1. The number of carbonyl (C=O) groups excluding carboxylic acids is 2. The van der Waals surface area contributed by atoms with Crippen molar-refractivity contribution in [2.45, 2.75) is 121 Å². The molecule has 248 valence electrons. The Morgan fingerprint density at radius 3 is 2.24 bits per heavy atom. The molecule has 1 aliphatic heterocycles. The van der Waals surface area contributed by atoms with Crippen LogP contribution in [0.1, 0.15) is 71.6 Å². The van der Waals surface area contributed by atoms with Gasteiger partial charge in [-0.3, -0.25) is 9.59 Å². The molecule has 14 nitrogen and oxygen atoms in total. The van der Waals surface area contributed by atoms with Crippen LogP contribution in [0.5, 0.6) is 0 Å². The summed E-state index contributed by atoms with van der Waals surface area (Å²) in [5.41, 5.74) is 0. The van der Waals surface area contributed by atoms with Crippen molar-refractivity contribution >= 4 is 11.8 Å². The summed E-state index contributed by atoms with van der Waals surface area (Å²) in [5.74, 6) is -0.591. The normalized spacial score (nSPS) is 24.6. The molecule has 0 aliphatic carbocycles. The average Bonchev–Trinajstić information content (AvgIpc) is 2.97. The van der Waals surface area contributed by atoms with Gasteiger partial charge in [-0.05, 0) is 26.2 Å². The minimum atomic E-state index is -1.66. The monoisotopic (exact) mass is 610 g/mol. The Bertz CT molecular complexity index is 716. The van der Waals surface area contributed by atoms with Gasteiger partial charge in [0, 0.05) is 26.0 Å². The Labute approximate surface area is 248 Å². The maximum Gasteiger partial charge on any atom is 0.220 e. The Morgan fingerprint density at radius 2 is 1.55 bits per heavy atom. The molecule has 0 aromatic rings. The molecule has 1 saturated heterocycles. The van der Waals surface area contributed by atoms with Gasteiger partial charge in [0.1, 0.15) is 30.5 Å². The zero-order valence-electron chi connectivity index (χ0n) is 25.1. The molecule has 42 heavy (non-hydrogen) atoms. The van der Waals surface area contributed by atoms with Crippen LogP contribution < -0.4 is 10.6 Å². The molecule has 1 aliphatic rings. The third kappa shape index (κ3) is 15.3. The Morgan fingerprint density at radius 1 is 0.857 bits per heavy atom. The number of rotatable bonds is 24. The van der Waals surface area contributed by atoms with Gasteiger partial charge in [-0.2, -0.15) is 0 Å². The molecule has 2 amide bonds. The van der Waals surface area contributed by atoms with Gasteiger partial charge in [-0.25, -0.2) is 0 Å². The lowest BCUT2D eigenvalue weighted by molar-refractivity contribution is -0.303. The number of nitrogens with one attached hydrogen (secondary N) is 2. The number of hydrogen-bond donors (Lipinski definition) is 8. The molecule has 0 aromatic carbocycles. The van der Waals surface area contributed by atoms with Crippen LogP contribution in [0, 0.1) is 0 Å². The number of ether oxygens (including phenoxy) is 4. The van der Waals surface area contributed by atoms with E-state index >= 15 is 0 Å². The van der Waals surface area contributed by atoms with Crippen molar-refractivity contribution in [3.05, 3.63) is 0 Å². The van der Waals surface area contributed by atoms with E-state index in [1.807, 2.05) is 6.92 Å². The van der Waals surface area contributed by atoms with E-state index in [1.165, 1.54) is 0 Å². The van der Waals surface area contributed by atoms with Gasteiger partial charge in [0.25, 0.3) is 0 Å². The molecule has 14 heteroatoms. The Balaban J connectivity index is 2.62. The first-order valence-corrected chi connectivity index (χ1v) is 15.2. The fourth-order valence-corrected chi connectivity index (χ4v) is 4.42. The fourth-order valence-electron chi connectivity index (χ4n) is 4.42. The summed E-state index contributed by atoms with van der Waals surface area (Å²) in [7, 11) is 0. The summed E-state index contributed by atoms with van der Waals surface area (Å²) < 4.78 is 21.4. The van der Waals surface area contributed by atoms with Crippen LogP contribution in [0.3, 0.4) is 0 Å². The van der Waals surface area contributed by atoms with Crippen LogP contribution in [0.4, 0.5) is 0 Å². The van der Waals surface area contributed by atoms with Crippen LogP contribution >= 0.6 is 0 Å². The highest BCUT2D eigenvalue weighted by Gasteiger charge is 2.44. The molecular formula is C28H54N2O12. The molecule has 0 aromatic heterocycles. The van der Waals surface area contributed by atoms with Crippen molar-refractivity contribution in [1.82, 2.24) is 10.6 Å². The van der Waals surface area contributed by atoms with E-state index in [4.69, 9.17) is 18.9 Å². The number of aliphatic hydroxyl groups excluding tert-OH is 6. The quantitative estimate of drug-likeness (QED) is 0.0599. The highest BCUT2D eigenvalue weighted by atomic mass is 16.7. The van der Waals surface area contributed by atoms with Crippen molar-refractivity contribution in [2.24, 2.45) is 0 Å². The van der Waals surface area contributed by atoms with Crippen molar-refractivity contribution in [2.75, 3.05) is 46.2 Å². The predicted molar refractivity (Wildman–Crippen MR) is 151 cm³/mol. The van der Waals surface area contributed by atoms with Crippen LogP contribution in [-0.2, 0) is 28.5 Å². The van der Waals surface area contributed by atoms with Gasteiger partial charge in [-0.1, -0.05) is 32.6 Å². The zero-order chi connectivity index (χ0) is 31.3. The lowest BCUT2D eigenvalue weighted by atomic mass is 9.99.